The lowest BCUT2D eigenvalue weighted by Crippen LogP contribution is -2.02. The fourth-order valence-corrected chi connectivity index (χ4v) is 2.96. The Hall–Kier alpha value is -1.00. The summed E-state index contributed by atoms with van der Waals surface area (Å²) in [4.78, 5) is 0. The van der Waals surface area contributed by atoms with Crippen LogP contribution in [0.3, 0.4) is 0 Å². The summed E-state index contributed by atoms with van der Waals surface area (Å²) in [5.41, 5.74) is 2.72. The first-order valence-electron chi connectivity index (χ1n) is 4.81. The van der Waals surface area contributed by atoms with Gasteiger partial charge in [0.05, 0.1) is 0 Å². The zero-order valence-corrected chi connectivity index (χ0v) is 9.54. The van der Waals surface area contributed by atoms with Gasteiger partial charge in [-0.1, -0.05) is 29.3 Å². The summed E-state index contributed by atoms with van der Waals surface area (Å²) in [6, 6.07) is 15.4. The van der Waals surface area contributed by atoms with Crippen molar-refractivity contribution in [3.63, 3.8) is 0 Å². The third-order valence-electron chi connectivity index (χ3n) is 2.17. The topological polar surface area (TPSA) is 0 Å². The van der Waals surface area contributed by atoms with Crippen LogP contribution in [0.4, 0.5) is 0 Å². The predicted molar refractivity (Wildman–Crippen MR) is 65.5 cm³/mol. The Morgan fingerprint density at radius 2 is 1.71 bits per heavy atom. The van der Waals surface area contributed by atoms with Gasteiger partial charge in [0, 0.05) is 0 Å². The lowest BCUT2D eigenvalue weighted by molar-refractivity contribution is 1.41. The summed E-state index contributed by atoms with van der Waals surface area (Å²) in [6.45, 7) is 4.32. The van der Waals surface area contributed by atoms with Crippen molar-refractivity contribution in [2.45, 2.75) is 13.8 Å². The molecule has 0 radical (unpaired) electrons. The maximum absolute atomic E-state index is 2.28. The standard InChI is InChI=1S/C13H14P/c1-10-7-11(2)9-13(8-10)14-12-5-3-4-6-12/h3-9,14H,1-2H3/q-1. The lowest BCUT2D eigenvalue weighted by atomic mass is 10.2. The van der Waals surface area contributed by atoms with Gasteiger partial charge in [-0.3, -0.25) is 0 Å². The molecule has 0 saturated heterocycles. The summed E-state index contributed by atoms with van der Waals surface area (Å²) in [5, 5.41) is 2.86. The Morgan fingerprint density at radius 1 is 1.00 bits per heavy atom. The quantitative estimate of drug-likeness (QED) is 0.517. The summed E-state index contributed by atoms with van der Waals surface area (Å²) < 4.78 is 0. The Labute approximate surface area is 87.1 Å². The van der Waals surface area contributed by atoms with E-state index in [2.05, 4.69) is 56.3 Å². The summed E-state index contributed by atoms with van der Waals surface area (Å²) in [6.07, 6.45) is 0. The lowest BCUT2D eigenvalue weighted by Gasteiger charge is -2.07. The van der Waals surface area contributed by atoms with Gasteiger partial charge >= 0.3 is 0 Å². The Kier molecular flexibility index (Phi) is 2.74. The average Bonchev–Trinajstić information content (AvgIpc) is 2.54. The number of hydrogen-bond donors (Lipinski definition) is 0. The largest absolute Gasteiger partial charge is 0.206 e. The van der Waals surface area contributed by atoms with E-state index >= 15 is 0 Å². The predicted octanol–water partition coefficient (Wildman–Crippen LogP) is 2.65. The molecular weight excluding hydrogens is 187 g/mol. The van der Waals surface area contributed by atoms with Gasteiger partial charge in [0.25, 0.3) is 0 Å². The molecule has 1 atom stereocenters. The van der Waals surface area contributed by atoms with E-state index in [9.17, 15) is 0 Å². The van der Waals surface area contributed by atoms with Crippen molar-refractivity contribution in [1.29, 1.82) is 0 Å². The van der Waals surface area contributed by atoms with Gasteiger partial charge in [0.15, 0.2) is 0 Å². The summed E-state index contributed by atoms with van der Waals surface area (Å²) in [5.74, 6) is 0. The monoisotopic (exact) mass is 201 g/mol. The second-order valence-electron chi connectivity index (χ2n) is 3.67. The molecule has 0 spiro atoms. The molecule has 1 heteroatoms. The first kappa shape index (κ1) is 9.55. The van der Waals surface area contributed by atoms with Crippen molar-refractivity contribution >= 4 is 19.2 Å². The van der Waals surface area contributed by atoms with Gasteiger partial charge in [-0.25, -0.2) is 6.07 Å². The zero-order chi connectivity index (χ0) is 9.97. The van der Waals surface area contributed by atoms with E-state index in [1.165, 1.54) is 21.7 Å². The second-order valence-corrected chi connectivity index (χ2v) is 5.08. The molecule has 0 N–H and O–H groups in total. The first-order chi connectivity index (χ1) is 6.74. The zero-order valence-electron chi connectivity index (χ0n) is 8.54. The number of hydrogen-bond acceptors (Lipinski definition) is 0. The number of benzene rings is 1. The van der Waals surface area contributed by atoms with Crippen molar-refractivity contribution in [2.75, 3.05) is 0 Å². The molecular formula is C13H14P-. The molecule has 0 aliphatic rings. The molecule has 2 aromatic rings. The Balaban J connectivity index is 2.25. The van der Waals surface area contributed by atoms with E-state index in [4.69, 9.17) is 0 Å². The normalized spacial score (nSPS) is 11.3. The van der Waals surface area contributed by atoms with Crippen molar-refractivity contribution in [3.05, 3.63) is 53.6 Å². The van der Waals surface area contributed by atoms with Crippen LogP contribution in [0, 0.1) is 13.8 Å². The van der Waals surface area contributed by atoms with E-state index in [1.54, 1.807) is 0 Å². The van der Waals surface area contributed by atoms with Crippen molar-refractivity contribution < 1.29 is 0 Å². The van der Waals surface area contributed by atoms with Crippen molar-refractivity contribution in [1.82, 2.24) is 0 Å². The minimum Gasteiger partial charge on any atom is -0.206 e. The van der Waals surface area contributed by atoms with Crippen LogP contribution in [0.25, 0.3) is 0 Å². The highest BCUT2D eigenvalue weighted by atomic mass is 31.1. The van der Waals surface area contributed by atoms with Crippen LogP contribution in [0.2, 0.25) is 0 Å². The molecule has 0 nitrogen and oxygen atoms in total. The van der Waals surface area contributed by atoms with Gasteiger partial charge in [-0.05, 0) is 19.2 Å². The van der Waals surface area contributed by atoms with Crippen molar-refractivity contribution in [2.24, 2.45) is 0 Å². The van der Waals surface area contributed by atoms with Gasteiger partial charge in [-0.2, -0.15) is 23.5 Å². The third kappa shape index (κ3) is 2.27. The smallest absolute Gasteiger partial charge is 0.0349 e. The highest BCUT2D eigenvalue weighted by Crippen LogP contribution is 2.13. The Bertz CT molecular complexity index is 393. The van der Waals surface area contributed by atoms with E-state index in [0.717, 1.165) is 8.58 Å². The second kappa shape index (κ2) is 4.02. The van der Waals surface area contributed by atoms with Gasteiger partial charge in [0.2, 0.25) is 0 Å². The molecule has 0 amide bonds. The maximum Gasteiger partial charge on any atom is -0.0349 e. The molecule has 2 aromatic carbocycles. The molecule has 0 heterocycles. The molecule has 14 heavy (non-hydrogen) atoms. The highest BCUT2D eigenvalue weighted by Gasteiger charge is 1.93. The highest BCUT2D eigenvalue weighted by molar-refractivity contribution is 7.55. The SMILES string of the molecule is Cc1cc(C)cc(Pc2cc[cH-]c2)c1. The van der Waals surface area contributed by atoms with Gasteiger partial charge in [0.1, 0.15) is 0 Å². The fourth-order valence-electron chi connectivity index (χ4n) is 1.67. The molecule has 72 valence electrons. The molecule has 0 saturated carbocycles. The van der Waals surface area contributed by atoms with Gasteiger partial charge in [-0.15, -0.1) is 8.58 Å². The summed E-state index contributed by atoms with van der Waals surface area (Å²) >= 11 is 0. The van der Waals surface area contributed by atoms with Crippen LogP contribution in [0.15, 0.2) is 42.5 Å². The molecule has 0 aliphatic heterocycles. The molecule has 0 fully saturated rings. The molecule has 0 aliphatic carbocycles. The number of rotatable bonds is 2. The van der Waals surface area contributed by atoms with Crippen LogP contribution >= 0.6 is 8.58 Å². The molecule has 0 bridgehead atoms. The van der Waals surface area contributed by atoms with E-state index in [1.807, 2.05) is 0 Å². The fraction of sp³-hybridized carbons (Fsp3) is 0.154. The molecule has 1 unspecified atom stereocenters. The summed E-state index contributed by atoms with van der Waals surface area (Å²) in [7, 11) is 0.794. The Morgan fingerprint density at radius 3 is 2.29 bits per heavy atom. The molecule has 2 rings (SSSR count). The van der Waals surface area contributed by atoms with Crippen LogP contribution in [-0.4, -0.2) is 0 Å². The van der Waals surface area contributed by atoms with Gasteiger partial charge < -0.3 is 0 Å². The maximum atomic E-state index is 2.28. The van der Waals surface area contributed by atoms with Crippen LogP contribution in [-0.2, 0) is 0 Å². The average molecular weight is 201 g/mol. The third-order valence-corrected chi connectivity index (χ3v) is 3.37. The van der Waals surface area contributed by atoms with Crippen LogP contribution < -0.4 is 10.6 Å². The van der Waals surface area contributed by atoms with Crippen LogP contribution in [0.5, 0.6) is 0 Å². The van der Waals surface area contributed by atoms with Crippen molar-refractivity contribution in [3.8, 4) is 0 Å². The minimum atomic E-state index is 0.794. The van der Waals surface area contributed by atoms with E-state index in [-0.39, 0.29) is 0 Å². The van der Waals surface area contributed by atoms with E-state index in [0.29, 0.717) is 0 Å². The molecule has 0 aromatic heterocycles. The van der Waals surface area contributed by atoms with Crippen LogP contribution in [0.1, 0.15) is 11.1 Å². The van der Waals surface area contributed by atoms with E-state index < -0.39 is 0 Å². The first-order valence-corrected chi connectivity index (χ1v) is 5.81. The number of aryl methyl sites for hydroxylation is 2. The minimum absolute atomic E-state index is 0.794.